The maximum absolute atomic E-state index is 4.58. The summed E-state index contributed by atoms with van der Waals surface area (Å²) in [6, 6.07) is 20.3. The zero-order chi connectivity index (χ0) is 14.7. The van der Waals surface area contributed by atoms with Gasteiger partial charge in [0.2, 0.25) is 0 Å². The van der Waals surface area contributed by atoms with Crippen molar-refractivity contribution in [1.29, 1.82) is 0 Å². The molecule has 0 atom stereocenters. The third-order valence-electron chi connectivity index (χ3n) is 3.24. The fourth-order valence-corrected chi connectivity index (χ4v) is 2.13. The van der Waals surface area contributed by atoms with Gasteiger partial charge in [0.05, 0.1) is 11.4 Å². The van der Waals surface area contributed by atoms with E-state index in [4.69, 9.17) is 0 Å². The molecule has 0 bridgehead atoms. The second kappa shape index (κ2) is 5.75. The van der Waals surface area contributed by atoms with Crippen molar-refractivity contribution in [1.82, 2.24) is 9.78 Å². The lowest BCUT2D eigenvalue weighted by atomic mass is 10.2. The van der Waals surface area contributed by atoms with E-state index in [1.54, 1.807) is 0 Å². The molecule has 1 aromatic heterocycles. The molecule has 0 spiro atoms. The van der Waals surface area contributed by atoms with Gasteiger partial charge in [-0.3, -0.25) is 0 Å². The maximum Gasteiger partial charge on any atom is 0.155 e. The Morgan fingerprint density at radius 3 is 2.38 bits per heavy atom. The highest BCUT2D eigenvalue weighted by Gasteiger charge is 2.05. The van der Waals surface area contributed by atoms with Crippen LogP contribution >= 0.6 is 0 Å². The highest BCUT2D eigenvalue weighted by atomic mass is 15.3. The zero-order valence-corrected chi connectivity index (χ0v) is 12.2. The molecule has 0 saturated carbocycles. The Morgan fingerprint density at radius 2 is 1.67 bits per heavy atom. The van der Waals surface area contributed by atoms with Gasteiger partial charge in [0.15, 0.2) is 5.82 Å². The third kappa shape index (κ3) is 3.08. The van der Waals surface area contributed by atoms with E-state index in [9.17, 15) is 0 Å². The quantitative estimate of drug-likeness (QED) is 0.657. The monoisotopic (exact) mass is 275 g/mol. The molecule has 1 heterocycles. The van der Waals surface area contributed by atoms with Crippen molar-refractivity contribution in [2.24, 2.45) is 4.99 Å². The van der Waals surface area contributed by atoms with Crippen molar-refractivity contribution in [3.05, 3.63) is 77.5 Å². The van der Waals surface area contributed by atoms with E-state index in [1.807, 2.05) is 54.2 Å². The van der Waals surface area contributed by atoms with Crippen LogP contribution in [-0.2, 0) is 0 Å². The van der Waals surface area contributed by atoms with Crippen molar-refractivity contribution in [3.8, 4) is 5.69 Å². The lowest BCUT2D eigenvalue weighted by Crippen LogP contribution is -1.95. The van der Waals surface area contributed by atoms with Gasteiger partial charge in [-0.15, -0.1) is 0 Å². The number of nitrogens with zero attached hydrogens (tertiary/aromatic N) is 3. The Hall–Kier alpha value is -2.68. The van der Waals surface area contributed by atoms with Crippen molar-refractivity contribution in [2.45, 2.75) is 13.8 Å². The van der Waals surface area contributed by atoms with Crippen molar-refractivity contribution < 1.29 is 0 Å². The van der Waals surface area contributed by atoms with E-state index in [0.29, 0.717) is 0 Å². The summed E-state index contributed by atoms with van der Waals surface area (Å²) in [4.78, 5) is 4.58. The molecule has 0 amide bonds. The average Bonchev–Trinajstić information content (AvgIpc) is 2.89. The number of hydrogen-bond acceptors (Lipinski definition) is 2. The van der Waals surface area contributed by atoms with Crippen molar-refractivity contribution >= 4 is 12.0 Å². The van der Waals surface area contributed by atoms with Gasteiger partial charge in [0.1, 0.15) is 0 Å². The van der Waals surface area contributed by atoms with Gasteiger partial charge in [0, 0.05) is 12.3 Å². The second-order valence-electron chi connectivity index (χ2n) is 5.06. The van der Waals surface area contributed by atoms with Crippen LogP contribution in [0.1, 0.15) is 16.8 Å². The molecule has 3 nitrogen and oxygen atoms in total. The van der Waals surface area contributed by atoms with Crippen LogP contribution in [0.2, 0.25) is 0 Å². The summed E-state index contributed by atoms with van der Waals surface area (Å²) >= 11 is 0. The highest BCUT2D eigenvalue weighted by Crippen LogP contribution is 2.19. The molecule has 21 heavy (non-hydrogen) atoms. The minimum Gasteiger partial charge on any atom is -0.236 e. The molecule has 0 saturated heterocycles. The molecule has 2 aromatic carbocycles. The SMILES string of the molecule is Cc1ccc(/C=N/c2cc(C)nn2-c2ccccc2)cc1. The summed E-state index contributed by atoms with van der Waals surface area (Å²) in [6.07, 6.45) is 1.87. The van der Waals surface area contributed by atoms with Crippen LogP contribution in [0.4, 0.5) is 5.82 Å². The van der Waals surface area contributed by atoms with E-state index < -0.39 is 0 Å². The molecule has 0 aliphatic heterocycles. The maximum atomic E-state index is 4.58. The number of benzene rings is 2. The predicted molar refractivity (Wildman–Crippen MR) is 86.7 cm³/mol. The second-order valence-corrected chi connectivity index (χ2v) is 5.06. The first-order chi connectivity index (χ1) is 10.2. The number of rotatable bonds is 3. The molecule has 0 N–H and O–H groups in total. The Bertz CT molecular complexity index is 753. The minimum atomic E-state index is 0.833. The van der Waals surface area contributed by atoms with Gasteiger partial charge in [-0.05, 0) is 31.5 Å². The normalized spacial score (nSPS) is 11.1. The average molecular weight is 275 g/mol. The highest BCUT2D eigenvalue weighted by molar-refractivity contribution is 5.81. The zero-order valence-electron chi connectivity index (χ0n) is 12.2. The predicted octanol–water partition coefficient (Wildman–Crippen LogP) is 4.24. The molecule has 0 aliphatic rings. The lowest BCUT2D eigenvalue weighted by molar-refractivity contribution is 0.863. The van der Waals surface area contributed by atoms with E-state index in [0.717, 1.165) is 22.8 Å². The van der Waals surface area contributed by atoms with Crippen LogP contribution in [0.5, 0.6) is 0 Å². The van der Waals surface area contributed by atoms with Gasteiger partial charge < -0.3 is 0 Å². The molecule has 0 unspecified atom stereocenters. The number of aliphatic imine (C=N–C) groups is 1. The first-order valence-corrected chi connectivity index (χ1v) is 6.95. The summed E-state index contributed by atoms with van der Waals surface area (Å²) in [7, 11) is 0. The summed E-state index contributed by atoms with van der Waals surface area (Å²) < 4.78 is 1.86. The summed E-state index contributed by atoms with van der Waals surface area (Å²) in [5, 5.41) is 4.51. The molecule has 3 aromatic rings. The van der Waals surface area contributed by atoms with E-state index >= 15 is 0 Å². The van der Waals surface area contributed by atoms with E-state index in [1.165, 1.54) is 5.56 Å². The van der Waals surface area contributed by atoms with Gasteiger partial charge in [-0.2, -0.15) is 5.10 Å². The van der Waals surface area contributed by atoms with Crippen LogP contribution in [0.15, 0.2) is 65.7 Å². The standard InChI is InChI=1S/C18H17N3/c1-14-8-10-16(11-9-14)13-19-18-12-15(2)20-21(18)17-6-4-3-5-7-17/h3-13H,1-2H3/b19-13+. The number of aryl methyl sites for hydroxylation is 2. The van der Waals surface area contributed by atoms with Gasteiger partial charge in [0.25, 0.3) is 0 Å². The van der Waals surface area contributed by atoms with E-state index in [2.05, 4.69) is 41.3 Å². The fourth-order valence-electron chi connectivity index (χ4n) is 2.13. The van der Waals surface area contributed by atoms with Crippen LogP contribution < -0.4 is 0 Å². The number of para-hydroxylation sites is 1. The number of hydrogen-bond donors (Lipinski definition) is 0. The molecular formula is C18H17N3. The van der Waals surface area contributed by atoms with E-state index in [-0.39, 0.29) is 0 Å². The van der Waals surface area contributed by atoms with Gasteiger partial charge in [-0.1, -0.05) is 48.0 Å². The van der Waals surface area contributed by atoms with Crippen LogP contribution in [0, 0.1) is 13.8 Å². The van der Waals surface area contributed by atoms with Crippen molar-refractivity contribution in [2.75, 3.05) is 0 Å². The first-order valence-electron chi connectivity index (χ1n) is 6.95. The molecule has 104 valence electrons. The summed E-state index contributed by atoms with van der Waals surface area (Å²) in [5.41, 5.74) is 4.30. The molecule has 0 aliphatic carbocycles. The van der Waals surface area contributed by atoms with Crippen LogP contribution in [0.3, 0.4) is 0 Å². The minimum absolute atomic E-state index is 0.833. The molecule has 3 rings (SSSR count). The fraction of sp³-hybridized carbons (Fsp3) is 0.111. The van der Waals surface area contributed by atoms with Crippen molar-refractivity contribution in [3.63, 3.8) is 0 Å². The summed E-state index contributed by atoms with van der Waals surface area (Å²) in [5.74, 6) is 0.833. The van der Waals surface area contributed by atoms with Gasteiger partial charge in [-0.25, -0.2) is 9.67 Å². The molecular weight excluding hydrogens is 258 g/mol. The Balaban J connectivity index is 1.94. The molecule has 0 radical (unpaired) electrons. The Kier molecular flexibility index (Phi) is 3.65. The Morgan fingerprint density at radius 1 is 0.952 bits per heavy atom. The molecule has 0 fully saturated rings. The third-order valence-corrected chi connectivity index (χ3v) is 3.24. The molecule has 3 heteroatoms. The van der Waals surface area contributed by atoms with Crippen LogP contribution in [-0.4, -0.2) is 16.0 Å². The largest absolute Gasteiger partial charge is 0.236 e. The summed E-state index contributed by atoms with van der Waals surface area (Å²) in [6.45, 7) is 4.05. The smallest absolute Gasteiger partial charge is 0.155 e. The first kappa shape index (κ1) is 13.3. The van der Waals surface area contributed by atoms with Gasteiger partial charge >= 0.3 is 0 Å². The number of aromatic nitrogens is 2. The van der Waals surface area contributed by atoms with Crippen LogP contribution in [0.25, 0.3) is 5.69 Å². The topological polar surface area (TPSA) is 30.2 Å². The Labute approximate surface area is 124 Å². The lowest BCUT2D eigenvalue weighted by Gasteiger charge is -2.03.